The molecule has 1 aliphatic heterocycles. The first-order valence-electron chi connectivity index (χ1n) is 9.87. The topological polar surface area (TPSA) is 32.3 Å². The maximum absolute atomic E-state index is 12.9. The molecule has 1 fully saturated rings. The predicted octanol–water partition coefficient (Wildman–Crippen LogP) is 4.20. The van der Waals surface area contributed by atoms with Gasteiger partial charge >= 0.3 is 0 Å². The molecule has 0 aliphatic carbocycles. The standard InChI is InChI=1S/C23H30N2O/c1-19-11-8-9-17-25(19)18-10-16-24-23(26)22(20-12-4-2-5-13-20)21-14-6-3-7-15-21/h2-7,12-15,19,22H,8-11,16-18H2,1H3,(H,24,26)/t19-/m1/s1. The summed E-state index contributed by atoms with van der Waals surface area (Å²) < 4.78 is 0. The van der Waals surface area contributed by atoms with Crippen molar-refractivity contribution in [2.75, 3.05) is 19.6 Å². The summed E-state index contributed by atoms with van der Waals surface area (Å²) in [7, 11) is 0. The van der Waals surface area contributed by atoms with E-state index in [1.54, 1.807) is 0 Å². The number of amides is 1. The van der Waals surface area contributed by atoms with E-state index in [2.05, 4.69) is 17.1 Å². The van der Waals surface area contributed by atoms with Crippen molar-refractivity contribution in [3.8, 4) is 0 Å². The van der Waals surface area contributed by atoms with Gasteiger partial charge in [-0.3, -0.25) is 4.79 Å². The molecule has 1 saturated heterocycles. The summed E-state index contributed by atoms with van der Waals surface area (Å²) in [5.41, 5.74) is 2.08. The molecule has 0 bridgehead atoms. The number of benzene rings is 2. The third-order valence-electron chi connectivity index (χ3n) is 5.39. The Morgan fingerprint density at radius 1 is 1.04 bits per heavy atom. The Morgan fingerprint density at radius 2 is 1.65 bits per heavy atom. The van der Waals surface area contributed by atoms with Gasteiger partial charge in [0, 0.05) is 19.1 Å². The second-order valence-electron chi connectivity index (χ2n) is 7.28. The molecule has 26 heavy (non-hydrogen) atoms. The van der Waals surface area contributed by atoms with Crippen LogP contribution in [0.5, 0.6) is 0 Å². The lowest BCUT2D eigenvalue weighted by atomic mass is 9.90. The molecule has 3 heteroatoms. The van der Waals surface area contributed by atoms with Gasteiger partial charge in [-0.2, -0.15) is 0 Å². The summed E-state index contributed by atoms with van der Waals surface area (Å²) in [5, 5.41) is 3.17. The van der Waals surface area contributed by atoms with E-state index in [0.717, 1.165) is 30.6 Å². The van der Waals surface area contributed by atoms with E-state index in [9.17, 15) is 4.79 Å². The van der Waals surface area contributed by atoms with E-state index in [1.165, 1.54) is 25.8 Å². The number of hydrogen-bond donors (Lipinski definition) is 1. The largest absolute Gasteiger partial charge is 0.355 e. The molecule has 1 heterocycles. The normalized spacial score (nSPS) is 18.0. The summed E-state index contributed by atoms with van der Waals surface area (Å²) in [6.45, 7) is 5.32. The van der Waals surface area contributed by atoms with Crippen molar-refractivity contribution < 1.29 is 4.79 Å². The van der Waals surface area contributed by atoms with Crippen LogP contribution < -0.4 is 5.32 Å². The molecule has 3 nitrogen and oxygen atoms in total. The van der Waals surface area contributed by atoms with Crippen molar-refractivity contribution in [1.82, 2.24) is 10.2 Å². The number of carbonyl (C=O) groups is 1. The van der Waals surface area contributed by atoms with Crippen molar-refractivity contribution in [1.29, 1.82) is 0 Å². The molecule has 1 aliphatic rings. The smallest absolute Gasteiger partial charge is 0.232 e. The van der Waals surface area contributed by atoms with E-state index < -0.39 is 0 Å². The van der Waals surface area contributed by atoms with E-state index >= 15 is 0 Å². The summed E-state index contributed by atoms with van der Waals surface area (Å²) in [4.78, 5) is 15.5. The molecule has 2 aromatic carbocycles. The zero-order valence-corrected chi connectivity index (χ0v) is 15.7. The number of piperidine rings is 1. The van der Waals surface area contributed by atoms with Crippen LogP contribution >= 0.6 is 0 Å². The van der Waals surface area contributed by atoms with Crippen LogP contribution in [0.25, 0.3) is 0 Å². The highest BCUT2D eigenvalue weighted by Gasteiger charge is 2.22. The highest BCUT2D eigenvalue weighted by Crippen LogP contribution is 2.24. The van der Waals surface area contributed by atoms with Gasteiger partial charge in [0.15, 0.2) is 0 Å². The Hall–Kier alpha value is -2.13. The average molecular weight is 351 g/mol. The highest BCUT2D eigenvalue weighted by molar-refractivity contribution is 5.87. The minimum Gasteiger partial charge on any atom is -0.355 e. The van der Waals surface area contributed by atoms with Gasteiger partial charge in [0.2, 0.25) is 5.91 Å². The van der Waals surface area contributed by atoms with Crippen molar-refractivity contribution in [3.05, 3.63) is 71.8 Å². The van der Waals surface area contributed by atoms with Gasteiger partial charge in [0.1, 0.15) is 0 Å². The van der Waals surface area contributed by atoms with E-state index in [0.29, 0.717) is 6.04 Å². The summed E-state index contributed by atoms with van der Waals surface area (Å²) in [6.07, 6.45) is 4.97. The molecule has 1 N–H and O–H groups in total. The first-order chi connectivity index (χ1) is 12.8. The van der Waals surface area contributed by atoms with Crippen LogP contribution in [0.3, 0.4) is 0 Å². The van der Waals surface area contributed by atoms with Gasteiger partial charge in [0.25, 0.3) is 0 Å². The maximum Gasteiger partial charge on any atom is 0.232 e. The van der Waals surface area contributed by atoms with Crippen LogP contribution in [0, 0.1) is 0 Å². The first kappa shape index (κ1) is 18.7. The summed E-state index contributed by atoms with van der Waals surface area (Å²) in [6, 6.07) is 20.8. The van der Waals surface area contributed by atoms with Crippen LogP contribution in [-0.4, -0.2) is 36.5 Å². The Kier molecular flexibility index (Phi) is 6.84. The Morgan fingerprint density at radius 3 is 2.23 bits per heavy atom. The van der Waals surface area contributed by atoms with Gasteiger partial charge in [-0.1, -0.05) is 67.1 Å². The number of likely N-dealkylation sites (tertiary alicyclic amines) is 1. The lowest BCUT2D eigenvalue weighted by Crippen LogP contribution is -2.39. The fourth-order valence-corrected chi connectivity index (χ4v) is 3.87. The van der Waals surface area contributed by atoms with Crippen molar-refractivity contribution >= 4 is 5.91 Å². The number of carbonyl (C=O) groups excluding carboxylic acids is 1. The number of nitrogens with zero attached hydrogens (tertiary/aromatic N) is 1. The van der Waals surface area contributed by atoms with Gasteiger partial charge in [-0.15, -0.1) is 0 Å². The number of nitrogens with one attached hydrogen (secondary N) is 1. The quantitative estimate of drug-likeness (QED) is 0.759. The maximum atomic E-state index is 12.9. The number of rotatable bonds is 7. The molecular weight excluding hydrogens is 320 g/mol. The molecule has 138 valence electrons. The molecule has 2 aromatic rings. The lowest BCUT2D eigenvalue weighted by molar-refractivity contribution is -0.121. The molecule has 0 spiro atoms. The second kappa shape index (κ2) is 9.54. The third-order valence-corrected chi connectivity index (χ3v) is 5.39. The SMILES string of the molecule is C[C@@H]1CCCCN1CCCNC(=O)C(c1ccccc1)c1ccccc1. The summed E-state index contributed by atoms with van der Waals surface area (Å²) in [5.74, 6) is -0.152. The Labute approximate surface area is 157 Å². The molecular formula is C23H30N2O. The van der Waals surface area contributed by atoms with Gasteiger partial charge in [0.05, 0.1) is 5.92 Å². The van der Waals surface area contributed by atoms with Crippen LogP contribution in [0.4, 0.5) is 0 Å². The van der Waals surface area contributed by atoms with Crippen LogP contribution in [0.15, 0.2) is 60.7 Å². The van der Waals surface area contributed by atoms with Crippen LogP contribution in [0.2, 0.25) is 0 Å². The van der Waals surface area contributed by atoms with Crippen LogP contribution in [-0.2, 0) is 4.79 Å². The average Bonchev–Trinajstić information content (AvgIpc) is 2.68. The van der Waals surface area contributed by atoms with Crippen molar-refractivity contribution in [2.24, 2.45) is 0 Å². The number of hydrogen-bond acceptors (Lipinski definition) is 2. The van der Waals surface area contributed by atoms with Crippen molar-refractivity contribution in [2.45, 2.75) is 44.6 Å². The summed E-state index contributed by atoms with van der Waals surface area (Å²) >= 11 is 0. The van der Waals surface area contributed by atoms with Gasteiger partial charge < -0.3 is 10.2 Å². The third kappa shape index (κ3) is 4.95. The molecule has 1 amide bonds. The first-order valence-corrected chi connectivity index (χ1v) is 9.87. The molecule has 1 atom stereocenters. The second-order valence-corrected chi connectivity index (χ2v) is 7.28. The lowest BCUT2D eigenvalue weighted by Gasteiger charge is -2.33. The zero-order valence-electron chi connectivity index (χ0n) is 15.7. The highest BCUT2D eigenvalue weighted by atomic mass is 16.1. The molecule has 0 aromatic heterocycles. The Bertz CT molecular complexity index is 632. The molecule has 0 saturated carbocycles. The minimum absolute atomic E-state index is 0.0918. The molecule has 0 radical (unpaired) electrons. The molecule has 3 rings (SSSR count). The van der Waals surface area contributed by atoms with Gasteiger partial charge in [-0.25, -0.2) is 0 Å². The predicted molar refractivity (Wildman–Crippen MR) is 107 cm³/mol. The fourth-order valence-electron chi connectivity index (χ4n) is 3.87. The monoisotopic (exact) mass is 350 g/mol. The zero-order chi connectivity index (χ0) is 18.2. The van der Waals surface area contributed by atoms with Crippen molar-refractivity contribution in [3.63, 3.8) is 0 Å². The van der Waals surface area contributed by atoms with E-state index in [4.69, 9.17) is 0 Å². The fraction of sp³-hybridized carbons (Fsp3) is 0.435. The Balaban J connectivity index is 1.58. The van der Waals surface area contributed by atoms with E-state index in [1.807, 2.05) is 60.7 Å². The van der Waals surface area contributed by atoms with Gasteiger partial charge in [-0.05, 0) is 43.9 Å². The minimum atomic E-state index is -0.244. The molecule has 0 unspecified atom stereocenters. The van der Waals surface area contributed by atoms with E-state index in [-0.39, 0.29) is 11.8 Å². The van der Waals surface area contributed by atoms with Crippen LogP contribution in [0.1, 0.15) is 49.7 Å².